The van der Waals surface area contributed by atoms with Crippen LogP contribution in [0, 0.1) is 0 Å². The van der Waals surface area contributed by atoms with Crippen LogP contribution in [0.3, 0.4) is 0 Å². The molecule has 0 aromatic heterocycles. The number of alkyl halides is 3. The van der Waals surface area contributed by atoms with Crippen molar-refractivity contribution in [3.8, 4) is 11.5 Å². The van der Waals surface area contributed by atoms with Crippen molar-refractivity contribution in [1.29, 1.82) is 0 Å². The number of Topliss-reactive ketones (excluding diaryl/α,β-unsaturated/α-hetero) is 1. The van der Waals surface area contributed by atoms with E-state index in [2.05, 4.69) is 0 Å². The number of ether oxygens (including phenoxy) is 1. The highest BCUT2D eigenvalue weighted by molar-refractivity contribution is 6.51. The van der Waals surface area contributed by atoms with Crippen molar-refractivity contribution >= 4 is 46.3 Å². The molecule has 1 unspecified atom stereocenters. The van der Waals surface area contributed by atoms with Gasteiger partial charge in [-0.25, -0.2) is 0 Å². The number of benzene rings is 3. The first-order valence-electron chi connectivity index (χ1n) is 10.2. The maximum absolute atomic E-state index is 13.4. The Balaban J connectivity index is 1.96. The molecule has 1 fully saturated rings. The monoisotopic (exact) mass is 537 g/mol. The van der Waals surface area contributed by atoms with Crippen LogP contribution < -0.4 is 9.64 Å². The Morgan fingerprint density at radius 1 is 1.00 bits per heavy atom. The number of halogens is 5. The summed E-state index contributed by atoms with van der Waals surface area (Å²) in [6, 6.07) is 10.5. The zero-order valence-corrected chi connectivity index (χ0v) is 19.8. The molecular formula is C25H16Cl2F3NO5. The van der Waals surface area contributed by atoms with Crippen LogP contribution in [0.15, 0.2) is 66.2 Å². The van der Waals surface area contributed by atoms with Crippen LogP contribution in [-0.4, -0.2) is 29.0 Å². The predicted molar refractivity (Wildman–Crippen MR) is 127 cm³/mol. The molecule has 4 rings (SSSR count). The van der Waals surface area contributed by atoms with E-state index in [4.69, 9.17) is 27.9 Å². The van der Waals surface area contributed by atoms with E-state index in [9.17, 15) is 33.0 Å². The molecule has 0 spiro atoms. The molecule has 1 atom stereocenters. The molecule has 0 radical (unpaired) electrons. The number of ketones is 1. The molecule has 1 saturated heterocycles. The molecule has 3 aromatic carbocycles. The number of aliphatic hydroxyl groups excluding tert-OH is 1. The Morgan fingerprint density at radius 2 is 1.61 bits per heavy atom. The van der Waals surface area contributed by atoms with Gasteiger partial charge in [-0.2, -0.15) is 13.2 Å². The lowest BCUT2D eigenvalue weighted by atomic mass is 9.95. The van der Waals surface area contributed by atoms with E-state index in [-0.39, 0.29) is 38.4 Å². The summed E-state index contributed by atoms with van der Waals surface area (Å²) in [5.41, 5.74) is -1.41. The molecule has 0 bridgehead atoms. The Bertz CT molecular complexity index is 1380. The summed E-state index contributed by atoms with van der Waals surface area (Å²) in [6.45, 7) is 0. The molecule has 0 saturated carbocycles. The van der Waals surface area contributed by atoms with E-state index in [0.717, 1.165) is 23.1 Å². The molecular weight excluding hydrogens is 522 g/mol. The summed E-state index contributed by atoms with van der Waals surface area (Å²) in [6.07, 6.45) is -4.70. The van der Waals surface area contributed by atoms with Crippen LogP contribution in [0.2, 0.25) is 10.0 Å². The Labute approximate surface area is 212 Å². The van der Waals surface area contributed by atoms with Gasteiger partial charge < -0.3 is 14.9 Å². The number of hydrogen-bond donors (Lipinski definition) is 2. The number of phenolic OH excluding ortho intramolecular Hbond substituents is 1. The minimum atomic E-state index is -4.70. The Kier molecular flexibility index (Phi) is 6.64. The van der Waals surface area contributed by atoms with Gasteiger partial charge in [0.1, 0.15) is 11.5 Å². The van der Waals surface area contributed by atoms with Crippen LogP contribution in [0.4, 0.5) is 18.9 Å². The number of phenols is 1. The molecule has 6 nitrogen and oxygen atoms in total. The fourth-order valence-electron chi connectivity index (χ4n) is 3.95. The van der Waals surface area contributed by atoms with Gasteiger partial charge in [-0.3, -0.25) is 14.5 Å². The molecule has 36 heavy (non-hydrogen) atoms. The summed E-state index contributed by atoms with van der Waals surface area (Å²) in [5, 5.41) is 20.9. The zero-order chi connectivity index (χ0) is 26.4. The van der Waals surface area contributed by atoms with Gasteiger partial charge in [0.05, 0.1) is 34.3 Å². The lowest BCUT2D eigenvalue weighted by Gasteiger charge is -2.26. The highest BCUT2D eigenvalue weighted by Gasteiger charge is 2.47. The highest BCUT2D eigenvalue weighted by atomic mass is 35.5. The molecule has 2 N–H and O–H groups in total. The number of methoxy groups -OCH3 is 1. The normalized spacial score (nSPS) is 17.5. The van der Waals surface area contributed by atoms with Crippen molar-refractivity contribution in [2.24, 2.45) is 0 Å². The number of carbonyl (C=O) groups excluding carboxylic acids is 2. The molecule has 1 amide bonds. The standard InChI is InChI=1S/C25H16Cl2F3NO5/c1-36-23-17(26)9-13(10-18(23)27)21(33)19-20(12-5-7-16(32)8-6-12)31(24(35)22(19)34)15-4-2-3-14(11-15)25(28,29)30/h2-11,20,32-33H,1H3/b21-19+. The lowest BCUT2D eigenvalue weighted by molar-refractivity contribution is -0.137. The van der Waals surface area contributed by atoms with E-state index < -0.39 is 40.8 Å². The third kappa shape index (κ3) is 4.47. The Hall–Kier alpha value is -3.69. The van der Waals surface area contributed by atoms with Crippen molar-refractivity contribution in [3.63, 3.8) is 0 Å². The summed E-state index contributed by atoms with van der Waals surface area (Å²) in [7, 11) is 1.33. The zero-order valence-electron chi connectivity index (χ0n) is 18.3. The second-order valence-electron chi connectivity index (χ2n) is 7.78. The van der Waals surface area contributed by atoms with Gasteiger partial charge in [0.25, 0.3) is 11.7 Å². The van der Waals surface area contributed by atoms with Gasteiger partial charge in [0.2, 0.25) is 0 Å². The van der Waals surface area contributed by atoms with E-state index >= 15 is 0 Å². The number of carbonyl (C=O) groups is 2. The largest absolute Gasteiger partial charge is 0.508 e. The molecule has 1 aliphatic heterocycles. The van der Waals surface area contributed by atoms with Crippen LogP contribution in [-0.2, 0) is 15.8 Å². The molecule has 1 heterocycles. The predicted octanol–water partition coefficient (Wildman–Crippen LogP) is 6.35. The highest BCUT2D eigenvalue weighted by Crippen LogP contribution is 2.45. The second-order valence-corrected chi connectivity index (χ2v) is 8.60. The molecule has 11 heteroatoms. The number of anilines is 1. The third-order valence-electron chi connectivity index (χ3n) is 5.58. The number of rotatable bonds is 4. The van der Waals surface area contributed by atoms with Crippen LogP contribution in [0.5, 0.6) is 11.5 Å². The first-order valence-corrected chi connectivity index (χ1v) is 11.0. The molecule has 0 aliphatic carbocycles. The van der Waals surface area contributed by atoms with Crippen molar-refractivity contribution in [3.05, 3.63) is 93.0 Å². The van der Waals surface area contributed by atoms with E-state index in [1.807, 2.05) is 0 Å². The van der Waals surface area contributed by atoms with Crippen molar-refractivity contribution in [2.75, 3.05) is 12.0 Å². The maximum atomic E-state index is 13.4. The number of aromatic hydroxyl groups is 1. The maximum Gasteiger partial charge on any atom is 0.416 e. The SMILES string of the molecule is COc1c(Cl)cc(/C(O)=C2\C(=O)C(=O)N(c3cccc(C(F)(F)F)c3)C2c2ccc(O)cc2)cc1Cl. The van der Waals surface area contributed by atoms with Gasteiger partial charge in [-0.1, -0.05) is 41.4 Å². The summed E-state index contributed by atoms with van der Waals surface area (Å²) in [5.74, 6) is -2.93. The smallest absolute Gasteiger partial charge is 0.416 e. The molecule has 186 valence electrons. The van der Waals surface area contributed by atoms with Crippen molar-refractivity contribution in [1.82, 2.24) is 0 Å². The Morgan fingerprint density at radius 3 is 2.17 bits per heavy atom. The number of amides is 1. The first-order chi connectivity index (χ1) is 16.9. The lowest BCUT2D eigenvalue weighted by Crippen LogP contribution is -2.29. The van der Waals surface area contributed by atoms with Crippen LogP contribution in [0.1, 0.15) is 22.7 Å². The molecule has 1 aliphatic rings. The van der Waals surface area contributed by atoms with Gasteiger partial charge in [0, 0.05) is 11.3 Å². The second kappa shape index (κ2) is 9.40. The number of hydrogen-bond acceptors (Lipinski definition) is 5. The topological polar surface area (TPSA) is 87.1 Å². The van der Waals surface area contributed by atoms with Crippen LogP contribution >= 0.6 is 23.2 Å². The van der Waals surface area contributed by atoms with Gasteiger partial charge in [0.15, 0.2) is 5.75 Å². The quantitative estimate of drug-likeness (QED) is 0.230. The number of nitrogens with zero attached hydrogens (tertiary/aromatic N) is 1. The summed E-state index contributed by atoms with van der Waals surface area (Å²) >= 11 is 12.3. The minimum absolute atomic E-state index is 0.0137. The fraction of sp³-hybridized carbons (Fsp3) is 0.120. The van der Waals surface area contributed by atoms with Crippen molar-refractivity contribution < 1.29 is 37.7 Å². The van der Waals surface area contributed by atoms with Gasteiger partial charge >= 0.3 is 6.18 Å². The van der Waals surface area contributed by atoms with E-state index in [0.29, 0.717) is 0 Å². The minimum Gasteiger partial charge on any atom is -0.508 e. The number of aliphatic hydroxyl groups is 1. The summed E-state index contributed by atoms with van der Waals surface area (Å²) < 4.78 is 45.2. The van der Waals surface area contributed by atoms with Crippen LogP contribution in [0.25, 0.3) is 5.76 Å². The van der Waals surface area contributed by atoms with Gasteiger partial charge in [-0.05, 0) is 48.0 Å². The van der Waals surface area contributed by atoms with Gasteiger partial charge in [-0.15, -0.1) is 0 Å². The van der Waals surface area contributed by atoms with Crippen molar-refractivity contribution in [2.45, 2.75) is 12.2 Å². The average Bonchev–Trinajstić information content (AvgIpc) is 3.09. The fourth-order valence-corrected chi connectivity index (χ4v) is 4.59. The first kappa shape index (κ1) is 25.4. The molecule has 3 aromatic rings. The average molecular weight is 538 g/mol. The van der Waals surface area contributed by atoms with E-state index in [1.165, 1.54) is 49.6 Å². The van der Waals surface area contributed by atoms with E-state index in [1.54, 1.807) is 0 Å². The third-order valence-corrected chi connectivity index (χ3v) is 6.14. The summed E-state index contributed by atoms with van der Waals surface area (Å²) in [4.78, 5) is 27.1.